The van der Waals surface area contributed by atoms with Crippen LogP contribution in [-0.4, -0.2) is 31.5 Å². The van der Waals surface area contributed by atoms with Crippen molar-refractivity contribution in [3.8, 4) is 0 Å². The molecule has 3 atom stereocenters. The molecule has 0 spiro atoms. The molecule has 3 nitrogen and oxygen atoms in total. The van der Waals surface area contributed by atoms with Gasteiger partial charge in [0.05, 0.1) is 31.0 Å². The molecule has 118 valence electrons. The van der Waals surface area contributed by atoms with Crippen LogP contribution in [-0.2, 0) is 9.47 Å². The fourth-order valence-corrected chi connectivity index (χ4v) is 3.20. The molecule has 1 fully saturated rings. The summed E-state index contributed by atoms with van der Waals surface area (Å²) in [7, 11) is 0. The number of hydrogen-bond donors (Lipinski definition) is 1. The van der Waals surface area contributed by atoms with Crippen molar-refractivity contribution >= 4 is 0 Å². The summed E-state index contributed by atoms with van der Waals surface area (Å²) in [6.45, 7) is 10.2. The van der Waals surface area contributed by atoms with Gasteiger partial charge in [-0.15, -0.1) is 0 Å². The number of benzene rings is 1. The van der Waals surface area contributed by atoms with E-state index in [0.717, 1.165) is 26.0 Å². The highest BCUT2D eigenvalue weighted by Crippen LogP contribution is 2.24. The monoisotopic (exact) mass is 291 g/mol. The lowest BCUT2D eigenvalue weighted by atomic mass is 10.0. The maximum absolute atomic E-state index is 6.21. The Kier molecular flexibility index (Phi) is 6.22. The van der Waals surface area contributed by atoms with Crippen LogP contribution in [0.2, 0.25) is 0 Å². The van der Waals surface area contributed by atoms with Gasteiger partial charge < -0.3 is 14.8 Å². The van der Waals surface area contributed by atoms with E-state index in [1.807, 2.05) is 0 Å². The van der Waals surface area contributed by atoms with E-state index in [9.17, 15) is 0 Å². The third kappa shape index (κ3) is 4.80. The number of aryl methyl sites for hydroxylation is 1. The predicted octanol–water partition coefficient (Wildman–Crippen LogP) is 3.62. The lowest BCUT2D eigenvalue weighted by Crippen LogP contribution is -2.36. The van der Waals surface area contributed by atoms with E-state index in [2.05, 4.69) is 57.3 Å². The Labute approximate surface area is 129 Å². The van der Waals surface area contributed by atoms with Crippen LogP contribution in [0.15, 0.2) is 24.3 Å². The second kappa shape index (κ2) is 7.92. The quantitative estimate of drug-likeness (QED) is 0.868. The highest BCUT2D eigenvalue weighted by Gasteiger charge is 2.26. The molecule has 1 saturated heterocycles. The van der Waals surface area contributed by atoms with Gasteiger partial charge in [0, 0.05) is 0 Å². The highest BCUT2D eigenvalue weighted by molar-refractivity contribution is 5.28. The van der Waals surface area contributed by atoms with Gasteiger partial charge in [-0.3, -0.25) is 0 Å². The topological polar surface area (TPSA) is 30.5 Å². The van der Waals surface area contributed by atoms with Crippen LogP contribution in [0.1, 0.15) is 50.8 Å². The first-order valence-electron chi connectivity index (χ1n) is 8.16. The molecule has 0 amide bonds. The molecule has 1 N–H and O–H groups in total. The van der Waals surface area contributed by atoms with Gasteiger partial charge in [0.25, 0.3) is 0 Å². The van der Waals surface area contributed by atoms with Crippen molar-refractivity contribution in [2.45, 2.75) is 64.9 Å². The van der Waals surface area contributed by atoms with Crippen LogP contribution < -0.4 is 5.32 Å². The second-order valence-corrected chi connectivity index (χ2v) is 6.15. The first-order valence-corrected chi connectivity index (χ1v) is 8.16. The molecule has 1 heterocycles. The zero-order valence-corrected chi connectivity index (χ0v) is 13.8. The van der Waals surface area contributed by atoms with Crippen molar-refractivity contribution in [2.75, 3.05) is 13.2 Å². The Morgan fingerprint density at radius 1 is 1.24 bits per heavy atom. The normalized spacial score (nSPS) is 27.5. The Morgan fingerprint density at radius 3 is 2.52 bits per heavy atom. The van der Waals surface area contributed by atoms with Gasteiger partial charge in [-0.1, -0.05) is 31.2 Å². The van der Waals surface area contributed by atoms with Crippen molar-refractivity contribution in [2.24, 2.45) is 0 Å². The van der Waals surface area contributed by atoms with Gasteiger partial charge in [0.1, 0.15) is 0 Å². The second-order valence-electron chi connectivity index (χ2n) is 6.15. The molecule has 3 heteroatoms. The van der Waals surface area contributed by atoms with Crippen LogP contribution in [0.3, 0.4) is 0 Å². The fraction of sp³-hybridized carbons (Fsp3) is 0.667. The summed E-state index contributed by atoms with van der Waals surface area (Å²) in [6, 6.07) is 8.82. The van der Waals surface area contributed by atoms with Crippen LogP contribution in [0.5, 0.6) is 0 Å². The standard InChI is InChI=1S/C18H29NO2/c1-5-19-18(17-9-7-6-8-13(17)2)12-20-16-10-14(3)21-15(4)11-16/h6-9,14-16,18-19H,5,10-12H2,1-4H3. The predicted molar refractivity (Wildman–Crippen MR) is 86.6 cm³/mol. The summed E-state index contributed by atoms with van der Waals surface area (Å²) in [5.41, 5.74) is 2.66. The first-order chi connectivity index (χ1) is 10.1. The van der Waals surface area contributed by atoms with Crippen LogP contribution in [0, 0.1) is 6.92 Å². The van der Waals surface area contributed by atoms with Gasteiger partial charge in [-0.25, -0.2) is 0 Å². The molecule has 0 aromatic heterocycles. The minimum absolute atomic E-state index is 0.268. The summed E-state index contributed by atoms with van der Waals surface area (Å²) in [5.74, 6) is 0. The Hall–Kier alpha value is -0.900. The van der Waals surface area contributed by atoms with E-state index in [0.29, 0.717) is 18.3 Å². The van der Waals surface area contributed by atoms with Crippen molar-refractivity contribution in [1.29, 1.82) is 0 Å². The summed E-state index contributed by atoms with van der Waals surface area (Å²) < 4.78 is 12.0. The van der Waals surface area contributed by atoms with Crippen molar-refractivity contribution in [3.05, 3.63) is 35.4 Å². The molecule has 0 aliphatic carbocycles. The molecule has 1 aliphatic rings. The van der Waals surface area contributed by atoms with Crippen molar-refractivity contribution in [3.63, 3.8) is 0 Å². The van der Waals surface area contributed by atoms with Gasteiger partial charge >= 0.3 is 0 Å². The molecule has 3 unspecified atom stereocenters. The molecule has 2 rings (SSSR count). The van der Waals surface area contributed by atoms with Crippen molar-refractivity contribution in [1.82, 2.24) is 5.32 Å². The lowest BCUT2D eigenvalue weighted by molar-refractivity contribution is -0.104. The molecule has 1 aliphatic heterocycles. The van der Waals surface area contributed by atoms with E-state index in [1.54, 1.807) is 0 Å². The molecule has 1 aromatic carbocycles. The van der Waals surface area contributed by atoms with Gasteiger partial charge in [0.2, 0.25) is 0 Å². The van der Waals surface area contributed by atoms with E-state index in [-0.39, 0.29) is 6.04 Å². The maximum atomic E-state index is 6.21. The number of rotatable bonds is 6. The van der Waals surface area contributed by atoms with Gasteiger partial charge in [0.15, 0.2) is 0 Å². The molecule has 1 aromatic rings. The average Bonchev–Trinajstić information content (AvgIpc) is 2.43. The molecule has 0 saturated carbocycles. The summed E-state index contributed by atoms with van der Waals surface area (Å²) in [6.07, 6.45) is 2.91. The summed E-state index contributed by atoms with van der Waals surface area (Å²) in [4.78, 5) is 0. The third-order valence-electron chi connectivity index (χ3n) is 4.17. The summed E-state index contributed by atoms with van der Waals surface area (Å²) in [5, 5.41) is 3.55. The SMILES string of the molecule is CCNC(COC1CC(C)OC(C)C1)c1ccccc1C. The van der Waals surface area contributed by atoms with E-state index in [4.69, 9.17) is 9.47 Å². The zero-order valence-electron chi connectivity index (χ0n) is 13.8. The minimum atomic E-state index is 0.268. The van der Waals surface area contributed by atoms with E-state index < -0.39 is 0 Å². The van der Waals surface area contributed by atoms with E-state index in [1.165, 1.54) is 11.1 Å². The molecule has 0 radical (unpaired) electrons. The molecular formula is C18H29NO2. The minimum Gasteiger partial charge on any atom is -0.376 e. The Morgan fingerprint density at radius 2 is 1.90 bits per heavy atom. The molecule has 0 bridgehead atoms. The lowest BCUT2D eigenvalue weighted by Gasteiger charge is -2.33. The van der Waals surface area contributed by atoms with Crippen LogP contribution in [0.4, 0.5) is 0 Å². The average molecular weight is 291 g/mol. The van der Waals surface area contributed by atoms with Gasteiger partial charge in [-0.2, -0.15) is 0 Å². The number of nitrogens with one attached hydrogen (secondary N) is 1. The maximum Gasteiger partial charge on any atom is 0.0665 e. The number of ether oxygens (including phenoxy) is 2. The molecular weight excluding hydrogens is 262 g/mol. The largest absolute Gasteiger partial charge is 0.376 e. The Balaban J connectivity index is 1.96. The molecule has 21 heavy (non-hydrogen) atoms. The fourth-order valence-electron chi connectivity index (χ4n) is 3.20. The van der Waals surface area contributed by atoms with Crippen molar-refractivity contribution < 1.29 is 9.47 Å². The number of likely N-dealkylation sites (N-methyl/N-ethyl adjacent to an activating group) is 1. The van der Waals surface area contributed by atoms with Crippen LogP contribution in [0.25, 0.3) is 0 Å². The van der Waals surface area contributed by atoms with Gasteiger partial charge in [-0.05, 0) is 51.3 Å². The highest BCUT2D eigenvalue weighted by atomic mass is 16.5. The van der Waals surface area contributed by atoms with E-state index >= 15 is 0 Å². The Bertz CT molecular complexity index is 425. The summed E-state index contributed by atoms with van der Waals surface area (Å²) >= 11 is 0. The smallest absolute Gasteiger partial charge is 0.0665 e. The van der Waals surface area contributed by atoms with Crippen LogP contribution >= 0.6 is 0 Å². The first kappa shape index (κ1) is 16.5. The number of hydrogen-bond acceptors (Lipinski definition) is 3. The zero-order chi connectivity index (χ0) is 15.2. The third-order valence-corrected chi connectivity index (χ3v) is 4.17.